The van der Waals surface area contributed by atoms with E-state index in [4.69, 9.17) is 0 Å². The molecule has 2 rings (SSSR count). The van der Waals surface area contributed by atoms with E-state index in [1.807, 2.05) is 6.20 Å². The molecule has 1 aromatic heterocycles. The number of aromatic nitrogens is 1. The van der Waals surface area contributed by atoms with Crippen LogP contribution in [0.4, 0.5) is 0 Å². The van der Waals surface area contributed by atoms with E-state index in [0.29, 0.717) is 0 Å². The molecule has 1 fully saturated rings. The van der Waals surface area contributed by atoms with Gasteiger partial charge >= 0.3 is 0 Å². The fourth-order valence-corrected chi connectivity index (χ4v) is 2.91. The van der Waals surface area contributed by atoms with E-state index < -0.39 is 0 Å². The zero-order chi connectivity index (χ0) is 14.2. The maximum Gasteiger partial charge on any atom is 0.191 e. The topological polar surface area (TPSA) is 49.3 Å². The molecule has 1 aliphatic rings. The maximum atomic E-state index is 4.63. The first-order valence-corrected chi connectivity index (χ1v) is 8.53. The van der Waals surface area contributed by atoms with E-state index in [2.05, 4.69) is 34.5 Å². The van der Waals surface area contributed by atoms with Crippen molar-refractivity contribution in [2.45, 2.75) is 46.0 Å². The Hall–Kier alpha value is -1.10. The van der Waals surface area contributed by atoms with Crippen LogP contribution in [0.2, 0.25) is 0 Å². The van der Waals surface area contributed by atoms with Gasteiger partial charge in [-0.05, 0) is 32.6 Å². The summed E-state index contributed by atoms with van der Waals surface area (Å²) >= 11 is 1.77. The second-order valence-corrected chi connectivity index (χ2v) is 6.71. The van der Waals surface area contributed by atoms with E-state index in [1.165, 1.54) is 35.6 Å². The lowest BCUT2D eigenvalue weighted by molar-refractivity contribution is 0.670. The normalized spacial score (nSPS) is 15.4. The summed E-state index contributed by atoms with van der Waals surface area (Å²) in [5.74, 6) is 1.95. The van der Waals surface area contributed by atoms with Crippen molar-refractivity contribution in [3.05, 3.63) is 16.1 Å². The summed E-state index contributed by atoms with van der Waals surface area (Å²) in [7, 11) is 0. The Morgan fingerprint density at radius 3 is 2.95 bits per heavy atom. The highest BCUT2D eigenvalue weighted by Gasteiger charge is 2.19. The molecule has 1 aromatic rings. The summed E-state index contributed by atoms with van der Waals surface area (Å²) in [4.78, 5) is 10.3. The Morgan fingerprint density at radius 1 is 1.45 bits per heavy atom. The van der Waals surface area contributed by atoms with Crippen molar-refractivity contribution >= 4 is 17.3 Å². The number of guanidine groups is 1. The highest BCUT2D eigenvalue weighted by molar-refractivity contribution is 7.11. The third kappa shape index (κ3) is 5.90. The van der Waals surface area contributed by atoms with Gasteiger partial charge in [-0.25, -0.2) is 4.98 Å². The molecule has 0 spiro atoms. The zero-order valence-corrected chi connectivity index (χ0v) is 13.4. The monoisotopic (exact) mass is 294 g/mol. The van der Waals surface area contributed by atoms with Gasteiger partial charge in [0.2, 0.25) is 0 Å². The van der Waals surface area contributed by atoms with Gasteiger partial charge in [-0.2, -0.15) is 0 Å². The van der Waals surface area contributed by atoms with Gasteiger partial charge in [0.1, 0.15) is 0 Å². The van der Waals surface area contributed by atoms with E-state index in [1.54, 1.807) is 11.3 Å². The first kappa shape index (κ1) is 15.3. The zero-order valence-electron chi connectivity index (χ0n) is 12.6. The van der Waals surface area contributed by atoms with Crippen molar-refractivity contribution in [1.82, 2.24) is 15.6 Å². The largest absolute Gasteiger partial charge is 0.357 e. The van der Waals surface area contributed by atoms with Gasteiger partial charge in [0.15, 0.2) is 5.96 Å². The number of aryl methyl sites for hydroxylation is 1. The molecule has 5 heteroatoms. The van der Waals surface area contributed by atoms with Gasteiger partial charge in [-0.1, -0.05) is 12.8 Å². The van der Waals surface area contributed by atoms with Gasteiger partial charge < -0.3 is 10.6 Å². The Balaban J connectivity index is 1.65. The molecule has 20 heavy (non-hydrogen) atoms. The van der Waals surface area contributed by atoms with Crippen molar-refractivity contribution in [2.24, 2.45) is 10.9 Å². The molecule has 0 atom stereocenters. The molecule has 0 aromatic carbocycles. The van der Waals surface area contributed by atoms with Crippen LogP contribution in [0.5, 0.6) is 0 Å². The Labute approximate surface area is 126 Å². The SMILES string of the molecule is CCNC(=NCCCC1CC1)NCCc1ncc(C)s1. The Kier molecular flexibility index (Phi) is 6.30. The van der Waals surface area contributed by atoms with E-state index >= 15 is 0 Å². The molecule has 0 amide bonds. The molecule has 0 radical (unpaired) electrons. The molecule has 4 nitrogen and oxygen atoms in total. The maximum absolute atomic E-state index is 4.63. The minimum absolute atomic E-state index is 0.890. The fraction of sp³-hybridized carbons (Fsp3) is 0.733. The van der Waals surface area contributed by atoms with Crippen LogP contribution in [0.1, 0.15) is 42.5 Å². The predicted molar refractivity (Wildman–Crippen MR) is 86.5 cm³/mol. The standard InChI is InChI=1S/C15H26N4S/c1-3-16-15(17-9-4-5-13-6-7-13)18-10-8-14-19-11-12(2)20-14/h11,13H,3-10H2,1-2H3,(H2,16,17,18). The third-order valence-corrected chi connectivity index (χ3v) is 4.35. The summed E-state index contributed by atoms with van der Waals surface area (Å²) in [6.45, 7) is 6.93. The van der Waals surface area contributed by atoms with Crippen molar-refractivity contribution in [1.29, 1.82) is 0 Å². The van der Waals surface area contributed by atoms with Crippen LogP contribution < -0.4 is 10.6 Å². The summed E-state index contributed by atoms with van der Waals surface area (Å²) in [5.41, 5.74) is 0. The van der Waals surface area contributed by atoms with Crippen molar-refractivity contribution in [2.75, 3.05) is 19.6 Å². The molecular weight excluding hydrogens is 268 g/mol. The number of hydrogen-bond acceptors (Lipinski definition) is 3. The van der Waals surface area contributed by atoms with E-state index in [9.17, 15) is 0 Å². The van der Waals surface area contributed by atoms with Gasteiger partial charge in [-0.15, -0.1) is 11.3 Å². The van der Waals surface area contributed by atoms with Gasteiger partial charge in [-0.3, -0.25) is 4.99 Å². The molecule has 0 unspecified atom stereocenters. The van der Waals surface area contributed by atoms with E-state index in [-0.39, 0.29) is 0 Å². The van der Waals surface area contributed by atoms with Crippen molar-refractivity contribution in [3.63, 3.8) is 0 Å². The van der Waals surface area contributed by atoms with Crippen LogP contribution in [0.15, 0.2) is 11.2 Å². The average molecular weight is 294 g/mol. The minimum atomic E-state index is 0.890. The average Bonchev–Trinajstić information content (AvgIpc) is 3.17. The van der Waals surface area contributed by atoms with Crippen LogP contribution in [-0.4, -0.2) is 30.6 Å². The van der Waals surface area contributed by atoms with Gasteiger partial charge in [0.05, 0.1) is 5.01 Å². The predicted octanol–water partition coefficient (Wildman–Crippen LogP) is 2.74. The first-order chi connectivity index (χ1) is 9.78. The molecule has 0 aliphatic heterocycles. The number of thiazole rings is 1. The summed E-state index contributed by atoms with van der Waals surface area (Å²) in [6.07, 6.45) is 8.35. The fourth-order valence-electron chi connectivity index (χ4n) is 2.12. The lowest BCUT2D eigenvalue weighted by atomic mass is 10.2. The quantitative estimate of drug-likeness (QED) is 0.440. The lowest BCUT2D eigenvalue weighted by Gasteiger charge is -2.10. The number of nitrogens with zero attached hydrogens (tertiary/aromatic N) is 2. The number of hydrogen-bond donors (Lipinski definition) is 2. The number of nitrogens with one attached hydrogen (secondary N) is 2. The van der Waals surface area contributed by atoms with Crippen molar-refractivity contribution in [3.8, 4) is 0 Å². The number of rotatable bonds is 8. The lowest BCUT2D eigenvalue weighted by Crippen LogP contribution is -2.38. The highest BCUT2D eigenvalue weighted by atomic mass is 32.1. The number of aliphatic imine (C=N–C) groups is 1. The van der Waals surface area contributed by atoms with Crippen LogP contribution >= 0.6 is 11.3 Å². The summed E-state index contributed by atoms with van der Waals surface area (Å²) in [6, 6.07) is 0. The molecule has 1 aliphatic carbocycles. The van der Waals surface area contributed by atoms with Crippen molar-refractivity contribution < 1.29 is 0 Å². The third-order valence-electron chi connectivity index (χ3n) is 3.38. The molecule has 0 bridgehead atoms. The summed E-state index contributed by atoms with van der Waals surface area (Å²) < 4.78 is 0. The summed E-state index contributed by atoms with van der Waals surface area (Å²) in [5, 5.41) is 7.88. The Morgan fingerprint density at radius 2 is 2.30 bits per heavy atom. The van der Waals surface area contributed by atoms with Crippen LogP contribution in [0, 0.1) is 12.8 Å². The van der Waals surface area contributed by atoms with Crippen LogP contribution in [0.25, 0.3) is 0 Å². The molecule has 2 N–H and O–H groups in total. The first-order valence-electron chi connectivity index (χ1n) is 7.71. The van der Waals surface area contributed by atoms with Gasteiger partial charge in [0, 0.05) is 37.1 Å². The molecule has 112 valence electrons. The molecular formula is C15H26N4S. The van der Waals surface area contributed by atoms with Gasteiger partial charge in [0.25, 0.3) is 0 Å². The smallest absolute Gasteiger partial charge is 0.191 e. The highest BCUT2D eigenvalue weighted by Crippen LogP contribution is 2.33. The molecule has 1 saturated carbocycles. The molecule has 1 heterocycles. The minimum Gasteiger partial charge on any atom is -0.357 e. The second kappa shape index (κ2) is 8.25. The van der Waals surface area contributed by atoms with Crippen LogP contribution in [-0.2, 0) is 6.42 Å². The van der Waals surface area contributed by atoms with E-state index in [0.717, 1.165) is 37.9 Å². The molecule has 0 saturated heterocycles. The van der Waals surface area contributed by atoms with Crippen LogP contribution in [0.3, 0.4) is 0 Å². The second-order valence-electron chi connectivity index (χ2n) is 5.39. The Bertz CT molecular complexity index is 423.